The Kier molecular flexibility index (Phi) is 5.01. The molecule has 1 aromatic carbocycles. The van der Waals surface area contributed by atoms with Gasteiger partial charge in [-0.15, -0.1) is 0 Å². The summed E-state index contributed by atoms with van der Waals surface area (Å²) in [6, 6.07) is 7.06. The minimum Gasteiger partial charge on any atom is -0.392 e. The van der Waals surface area contributed by atoms with Gasteiger partial charge in [-0.1, -0.05) is 12.1 Å². The largest absolute Gasteiger partial charge is 0.392 e. The summed E-state index contributed by atoms with van der Waals surface area (Å²) < 4.78 is 0. The summed E-state index contributed by atoms with van der Waals surface area (Å²) in [5, 5.41) is 21.1. The van der Waals surface area contributed by atoms with Gasteiger partial charge in [0.1, 0.15) is 0 Å². The first-order chi connectivity index (χ1) is 11.5. The molecule has 1 saturated carbocycles. The lowest BCUT2D eigenvalue weighted by Crippen LogP contribution is -2.41. The Morgan fingerprint density at radius 3 is 2.54 bits per heavy atom. The van der Waals surface area contributed by atoms with Crippen LogP contribution < -0.4 is 21.3 Å². The van der Waals surface area contributed by atoms with Crippen molar-refractivity contribution in [3.63, 3.8) is 0 Å². The molecule has 0 aromatic heterocycles. The maximum Gasteiger partial charge on any atom is 0.319 e. The maximum atomic E-state index is 12.1. The van der Waals surface area contributed by atoms with Crippen molar-refractivity contribution in [1.82, 2.24) is 16.0 Å². The number of aliphatic hydroxyl groups is 1. The first-order valence-corrected chi connectivity index (χ1v) is 8.40. The molecule has 130 valence electrons. The molecule has 7 nitrogen and oxygen atoms in total. The molecular weight excluding hydrogens is 308 g/mol. The number of benzene rings is 1. The number of hydrogen-bond acceptors (Lipinski definition) is 4. The highest BCUT2D eigenvalue weighted by molar-refractivity contribution is 5.89. The summed E-state index contributed by atoms with van der Waals surface area (Å²) >= 11 is 0. The predicted octanol–water partition coefficient (Wildman–Crippen LogP) is 0.870. The van der Waals surface area contributed by atoms with E-state index in [2.05, 4.69) is 21.3 Å². The van der Waals surface area contributed by atoms with Crippen LogP contribution in [0.2, 0.25) is 0 Å². The summed E-state index contributed by atoms with van der Waals surface area (Å²) in [7, 11) is 0. The zero-order valence-electron chi connectivity index (χ0n) is 13.7. The number of rotatable bonds is 5. The molecular formula is C17H24N4O3. The van der Waals surface area contributed by atoms with Crippen LogP contribution in [0.5, 0.6) is 0 Å². The molecule has 0 spiro atoms. The average Bonchev–Trinajstić information content (AvgIpc) is 3.25. The van der Waals surface area contributed by atoms with E-state index in [0.717, 1.165) is 24.1 Å². The Hall–Kier alpha value is -2.12. The minimum absolute atomic E-state index is 0.106. The molecule has 3 amide bonds. The van der Waals surface area contributed by atoms with Crippen LogP contribution in [0.4, 0.5) is 10.5 Å². The molecule has 1 heterocycles. The zero-order chi connectivity index (χ0) is 17.1. The standard InChI is InChI=1S/C17H24N4O3/c1-10(19-16(23)15-8-14(22)9-18-15)11-2-4-12(5-3-11)20-17(24)21-13-6-7-13/h2-5,10,13-15,18,22H,6-9H2,1H3,(H,19,23)(H2,20,21,24). The Balaban J connectivity index is 1.50. The van der Waals surface area contributed by atoms with Crippen molar-refractivity contribution in [2.75, 3.05) is 11.9 Å². The summed E-state index contributed by atoms with van der Waals surface area (Å²) in [5.74, 6) is -0.106. The highest BCUT2D eigenvalue weighted by atomic mass is 16.3. The fourth-order valence-corrected chi connectivity index (χ4v) is 2.75. The van der Waals surface area contributed by atoms with Crippen LogP contribution in [0, 0.1) is 0 Å². The van der Waals surface area contributed by atoms with Crippen molar-refractivity contribution < 1.29 is 14.7 Å². The van der Waals surface area contributed by atoms with E-state index < -0.39 is 6.10 Å². The molecule has 2 fully saturated rings. The number of β-amino-alcohol motifs (C(OH)–C–C–N with tert-alkyl or cyclic N) is 1. The molecule has 5 N–H and O–H groups in total. The summed E-state index contributed by atoms with van der Waals surface area (Å²) in [6.07, 6.45) is 2.09. The highest BCUT2D eigenvalue weighted by Crippen LogP contribution is 2.20. The van der Waals surface area contributed by atoms with E-state index >= 15 is 0 Å². The zero-order valence-corrected chi connectivity index (χ0v) is 13.7. The SMILES string of the molecule is CC(NC(=O)C1CC(O)CN1)c1ccc(NC(=O)NC2CC2)cc1. The number of hydrogen-bond donors (Lipinski definition) is 5. The molecule has 1 saturated heterocycles. The van der Waals surface area contributed by atoms with Gasteiger partial charge in [-0.2, -0.15) is 0 Å². The van der Waals surface area contributed by atoms with Gasteiger partial charge in [-0.3, -0.25) is 4.79 Å². The summed E-state index contributed by atoms with van der Waals surface area (Å²) in [6.45, 7) is 2.36. The third-order valence-electron chi connectivity index (χ3n) is 4.36. The van der Waals surface area contributed by atoms with Crippen molar-refractivity contribution >= 4 is 17.6 Å². The Labute approximate surface area is 141 Å². The normalized spacial score (nSPS) is 24.2. The average molecular weight is 332 g/mol. The first-order valence-electron chi connectivity index (χ1n) is 8.40. The fourth-order valence-electron chi connectivity index (χ4n) is 2.75. The molecule has 2 aliphatic rings. The number of carbonyl (C=O) groups excluding carboxylic acids is 2. The second-order valence-electron chi connectivity index (χ2n) is 6.58. The molecule has 7 heteroatoms. The van der Waals surface area contributed by atoms with Gasteiger partial charge in [0.15, 0.2) is 0 Å². The molecule has 24 heavy (non-hydrogen) atoms. The monoisotopic (exact) mass is 332 g/mol. The number of nitrogens with one attached hydrogen (secondary N) is 4. The molecule has 3 rings (SSSR count). The van der Waals surface area contributed by atoms with Crippen molar-refractivity contribution in [2.24, 2.45) is 0 Å². The fraction of sp³-hybridized carbons (Fsp3) is 0.529. The molecule has 0 bridgehead atoms. The molecule has 3 unspecified atom stereocenters. The second kappa shape index (κ2) is 7.19. The van der Waals surface area contributed by atoms with Gasteiger partial charge in [-0.05, 0) is 43.9 Å². The second-order valence-corrected chi connectivity index (χ2v) is 6.58. The first kappa shape index (κ1) is 16.7. The molecule has 1 aromatic rings. The molecule has 1 aliphatic carbocycles. The van der Waals surface area contributed by atoms with Crippen molar-refractivity contribution in [3.05, 3.63) is 29.8 Å². The number of amides is 3. The maximum absolute atomic E-state index is 12.1. The molecule has 1 aliphatic heterocycles. The van der Waals surface area contributed by atoms with Crippen molar-refractivity contribution in [1.29, 1.82) is 0 Å². The summed E-state index contributed by atoms with van der Waals surface area (Å²) in [4.78, 5) is 23.8. The number of carbonyl (C=O) groups is 2. The third kappa shape index (κ3) is 4.46. The van der Waals surface area contributed by atoms with Gasteiger partial charge in [0.25, 0.3) is 0 Å². The topological polar surface area (TPSA) is 102 Å². The van der Waals surface area contributed by atoms with E-state index in [9.17, 15) is 14.7 Å². The lowest BCUT2D eigenvalue weighted by Gasteiger charge is -2.18. The van der Waals surface area contributed by atoms with Crippen LogP contribution in [-0.4, -0.2) is 41.8 Å². The van der Waals surface area contributed by atoms with Crippen molar-refractivity contribution in [3.8, 4) is 0 Å². The Morgan fingerprint density at radius 1 is 1.25 bits per heavy atom. The van der Waals surface area contributed by atoms with Crippen LogP contribution in [0.1, 0.15) is 37.8 Å². The van der Waals surface area contributed by atoms with E-state index in [4.69, 9.17) is 0 Å². The molecule has 3 atom stereocenters. The van der Waals surface area contributed by atoms with E-state index in [0.29, 0.717) is 19.0 Å². The predicted molar refractivity (Wildman–Crippen MR) is 90.6 cm³/mol. The van der Waals surface area contributed by atoms with E-state index in [-0.39, 0.29) is 24.0 Å². The molecule has 0 radical (unpaired) electrons. The number of aliphatic hydroxyl groups excluding tert-OH is 1. The van der Waals surface area contributed by atoms with E-state index in [1.807, 2.05) is 31.2 Å². The van der Waals surface area contributed by atoms with Crippen LogP contribution in [0.25, 0.3) is 0 Å². The van der Waals surface area contributed by atoms with Gasteiger partial charge in [0.2, 0.25) is 5.91 Å². The number of urea groups is 1. The van der Waals surface area contributed by atoms with Gasteiger partial charge < -0.3 is 26.4 Å². The van der Waals surface area contributed by atoms with Crippen molar-refractivity contribution in [2.45, 2.75) is 50.4 Å². The van der Waals surface area contributed by atoms with Gasteiger partial charge in [0, 0.05) is 18.3 Å². The van der Waals surface area contributed by atoms with Crippen LogP contribution in [-0.2, 0) is 4.79 Å². The summed E-state index contributed by atoms with van der Waals surface area (Å²) in [5.41, 5.74) is 1.67. The van der Waals surface area contributed by atoms with Gasteiger partial charge >= 0.3 is 6.03 Å². The lowest BCUT2D eigenvalue weighted by molar-refractivity contribution is -0.123. The van der Waals surface area contributed by atoms with Crippen LogP contribution >= 0.6 is 0 Å². The van der Waals surface area contributed by atoms with Crippen LogP contribution in [0.15, 0.2) is 24.3 Å². The lowest BCUT2D eigenvalue weighted by atomic mass is 10.1. The van der Waals surface area contributed by atoms with E-state index in [1.54, 1.807) is 0 Å². The van der Waals surface area contributed by atoms with E-state index in [1.165, 1.54) is 0 Å². The smallest absolute Gasteiger partial charge is 0.319 e. The van der Waals surface area contributed by atoms with Gasteiger partial charge in [-0.25, -0.2) is 4.79 Å². The van der Waals surface area contributed by atoms with Gasteiger partial charge in [0.05, 0.1) is 18.2 Å². The number of anilines is 1. The quantitative estimate of drug-likeness (QED) is 0.552. The highest BCUT2D eigenvalue weighted by Gasteiger charge is 2.28. The van der Waals surface area contributed by atoms with Crippen LogP contribution in [0.3, 0.4) is 0 Å². The Morgan fingerprint density at radius 2 is 1.96 bits per heavy atom. The third-order valence-corrected chi connectivity index (χ3v) is 4.36. The minimum atomic E-state index is -0.455. The Bertz CT molecular complexity index is 600.